The lowest BCUT2D eigenvalue weighted by molar-refractivity contribution is 0.172. The lowest BCUT2D eigenvalue weighted by Gasteiger charge is -2.17. The van der Waals surface area contributed by atoms with Crippen LogP contribution in [-0.2, 0) is 6.54 Å². The average Bonchev–Trinajstić information content (AvgIpc) is 2.98. The number of rotatable bonds is 6. The third-order valence-corrected chi connectivity index (χ3v) is 3.38. The van der Waals surface area contributed by atoms with Crippen LogP contribution >= 0.6 is 11.6 Å². The highest BCUT2D eigenvalue weighted by atomic mass is 35.5. The number of urea groups is 1. The first kappa shape index (κ1) is 16.3. The second-order valence-corrected chi connectivity index (χ2v) is 5.52. The van der Waals surface area contributed by atoms with Crippen LogP contribution in [0.5, 0.6) is 0 Å². The summed E-state index contributed by atoms with van der Waals surface area (Å²) in [4.78, 5) is 15.7. The van der Waals surface area contributed by atoms with Crippen LogP contribution in [-0.4, -0.2) is 33.3 Å². The molecule has 0 saturated carbocycles. The number of aromatic nitrogens is 2. The average molecular weight is 323 g/mol. The van der Waals surface area contributed by atoms with E-state index in [9.17, 15) is 9.90 Å². The fourth-order valence-corrected chi connectivity index (χ4v) is 2.15. The Balaban J connectivity index is 1.73. The first-order valence-corrected chi connectivity index (χ1v) is 7.36. The standard InChI is InChI=1S/C15H19ClN4O2/c1-11(9-20-7-6-17-10-20)19-15(22)18-8-14(21)12-2-4-13(16)5-3-12/h2-7,10-11,14,21H,8-9H2,1H3,(H2,18,19,22). The van der Waals surface area contributed by atoms with Gasteiger partial charge in [-0.05, 0) is 24.6 Å². The van der Waals surface area contributed by atoms with Gasteiger partial charge in [-0.1, -0.05) is 23.7 Å². The summed E-state index contributed by atoms with van der Waals surface area (Å²) in [6.45, 7) is 2.66. The summed E-state index contributed by atoms with van der Waals surface area (Å²) in [6.07, 6.45) is 4.45. The van der Waals surface area contributed by atoms with Crippen LogP contribution in [0.2, 0.25) is 5.02 Å². The zero-order valence-electron chi connectivity index (χ0n) is 12.2. The van der Waals surface area contributed by atoms with E-state index < -0.39 is 6.10 Å². The number of nitrogens with one attached hydrogen (secondary N) is 2. The molecule has 7 heteroatoms. The molecule has 1 heterocycles. The second kappa shape index (κ2) is 7.82. The molecule has 1 aromatic carbocycles. The summed E-state index contributed by atoms with van der Waals surface area (Å²) < 4.78 is 1.88. The van der Waals surface area contributed by atoms with Crippen LogP contribution in [0.15, 0.2) is 43.0 Å². The van der Waals surface area contributed by atoms with Gasteiger partial charge in [-0.25, -0.2) is 9.78 Å². The number of hydrogen-bond acceptors (Lipinski definition) is 3. The minimum atomic E-state index is -0.771. The van der Waals surface area contributed by atoms with Crippen molar-refractivity contribution in [2.24, 2.45) is 0 Å². The van der Waals surface area contributed by atoms with Crippen molar-refractivity contribution in [3.8, 4) is 0 Å². The first-order chi connectivity index (χ1) is 10.5. The number of carbonyl (C=O) groups excluding carboxylic acids is 1. The molecule has 0 radical (unpaired) electrons. The molecule has 2 aromatic rings. The monoisotopic (exact) mass is 322 g/mol. The molecule has 0 saturated heterocycles. The SMILES string of the molecule is CC(Cn1ccnc1)NC(=O)NCC(O)c1ccc(Cl)cc1. The Morgan fingerprint density at radius 2 is 2.14 bits per heavy atom. The summed E-state index contributed by atoms with van der Waals surface area (Å²) in [6, 6.07) is 6.49. The van der Waals surface area contributed by atoms with E-state index in [4.69, 9.17) is 11.6 Å². The van der Waals surface area contributed by atoms with Gasteiger partial charge in [-0.15, -0.1) is 0 Å². The van der Waals surface area contributed by atoms with Gasteiger partial charge in [0, 0.05) is 36.5 Å². The van der Waals surface area contributed by atoms with Gasteiger partial charge < -0.3 is 20.3 Å². The Morgan fingerprint density at radius 3 is 2.77 bits per heavy atom. The van der Waals surface area contributed by atoms with Crippen LogP contribution in [0.3, 0.4) is 0 Å². The molecule has 0 spiro atoms. The van der Waals surface area contributed by atoms with Gasteiger partial charge in [0.25, 0.3) is 0 Å². The topological polar surface area (TPSA) is 79.2 Å². The quantitative estimate of drug-likeness (QED) is 0.760. The van der Waals surface area contributed by atoms with Crippen LogP contribution < -0.4 is 10.6 Å². The molecule has 0 bridgehead atoms. The third kappa shape index (κ3) is 5.05. The van der Waals surface area contributed by atoms with Gasteiger partial charge in [0.2, 0.25) is 0 Å². The summed E-state index contributed by atoms with van der Waals surface area (Å²) >= 11 is 5.79. The number of aliphatic hydroxyl groups excluding tert-OH is 1. The van der Waals surface area contributed by atoms with Gasteiger partial charge in [0.1, 0.15) is 0 Å². The smallest absolute Gasteiger partial charge is 0.315 e. The van der Waals surface area contributed by atoms with Crippen molar-refractivity contribution in [3.05, 3.63) is 53.6 Å². The van der Waals surface area contributed by atoms with E-state index in [1.165, 1.54) is 0 Å². The summed E-state index contributed by atoms with van der Waals surface area (Å²) in [7, 11) is 0. The lowest BCUT2D eigenvalue weighted by atomic mass is 10.1. The molecule has 0 fully saturated rings. The largest absolute Gasteiger partial charge is 0.387 e. The number of hydrogen-bond donors (Lipinski definition) is 3. The van der Waals surface area contributed by atoms with E-state index in [2.05, 4.69) is 15.6 Å². The minimum absolute atomic E-state index is 0.0538. The van der Waals surface area contributed by atoms with Gasteiger partial charge in [0.05, 0.1) is 12.4 Å². The Kier molecular flexibility index (Phi) is 5.80. The number of carbonyl (C=O) groups is 1. The zero-order chi connectivity index (χ0) is 15.9. The van der Waals surface area contributed by atoms with Crippen LogP contribution in [0, 0.1) is 0 Å². The van der Waals surface area contributed by atoms with E-state index in [0.29, 0.717) is 17.1 Å². The van der Waals surface area contributed by atoms with Gasteiger partial charge in [0.15, 0.2) is 0 Å². The summed E-state index contributed by atoms with van der Waals surface area (Å²) in [5, 5.41) is 16.1. The number of halogens is 1. The molecule has 2 amide bonds. The van der Waals surface area contributed by atoms with E-state index in [1.54, 1.807) is 36.8 Å². The highest BCUT2D eigenvalue weighted by molar-refractivity contribution is 6.30. The fraction of sp³-hybridized carbons (Fsp3) is 0.333. The van der Waals surface area contributed by atoms with Crippen molar-refractivity contribution >= 4 is 17.6 Å². The number of benzene rings is 1. The van der Waals surface area contributed by atoms with Gasteiger partial charge in [-0.2, -0.15) is 0 Å². The summed E-state index contributed by atoms with van der Waals surface area (Å²) in [5.41, 5.74) is 0.705. The first-order valence-electron chi connectivity index (χ1n) is 6.98. The number of imidazole rings is 1. The molecule has 22 heavy (non-hydrogen) atoms. The van der Waals surface area contributed by atoms with E-state index in [0.717, 1.165) is 0 Å². The maximum absolute atomic E-state index is 11.8. The highest BCUT2D eigenvalue weighted by Gasteiger charge is 2.11. The predicted octanol–water partition coefficient (Wildman–Crippen LogP) is 1.96. The second-order valence-electron chi connectivity index (χ2n) is 5.08. The minimum Gasteiger partial charge on any atom is -0.387 e. The van der Waals surface area contributed by atoms with Crippen molar-refractivity contribution in [1.29, 1.82) is 0 Å². The Bertz CT molecular complexity index is 586. The third-order valence-electron chi connectivity index (χ3n) is 3.13. The normalized spacial score (nSPS) is 13.4. The number of amides is 2. The molecular formula is C15H19ClN4O2. The molecule has 3 N–H and O–H groups in total. The molecule has 0 aliphatic rings. The van der Waals surface area contributed by atoms with Crippen molar-refractivity contribution in [2.75, 3.05) is 6.54 Å². The van der Waals surface area contributed by atoms with Gasteiger partial charge in [-0.3, -0.25) is 0 Å². The molecule has 0 aliphatic carbocycles. The van der Waals surface area contributed by atoms with E-state index in [-0.39, 0.29) is 18.6 Å². The lowest BCUT2D eigenvalue weighted by Crippen LogP contribution is -2.43. The van der Waals surface area contributed by atoms with Crippen molar-refractivity contribution in [3.63, 3.8) is 0 Å². The molecule has 1 aromatic heterocycles. The predicted molar refractivity (Wildman–Crippen MR) is 84.6 cm³/mol. The maximum Gasteiger partial charge on any atom is 0.315 e. The number of nitrogens with zero attached hydrogens (tertiary/aromatic N) is 2. The molecule has 2 unspecified atom stereocenters. The summed E-state index contributed by atoms with van der Waals surface area (Å²) in [5.74, 6) is 0. The van der Waals surface area contributed by atoms with Crippen molar-refractivity contribution in [1.82, 2.24) is 20.2 Å². The van der Waals surface area contributed by atoms with Crippen molar-refractivity contribution in [2.45, 2.75) is 25.6 Å². The molecule has 6 nitrogen and oxygen atoms in total. The zero-order valence-corrected chi connectivity index (χ0v) is 13.0. The maximum atomic E-state index is 11.8. The van der Waals surface area contributed by atoms with Crippen LogP contribution in [0.1, 0.15) is 18.6 Å². The number of aliphatic hydroxyl groups is 1. The van der Waals surface area contributed by atoms with Crippen LogP contribution in [0.25, 0.3) is 0 Å². The van der Waals surface area contributed by atoms with Gasteiger partial charge >= 0.3 is 6.03 Å². The Morgan fingerprint density at radius 1 is 1.41 bits per heavy atom. The Hall–Kier alpha value is -2.05. The molecular weight excluding hydrogens is 304 g/mol. The molecule has 2 rings (SSSR count). The molecule has 0 aliphatic heterocycles. The van der Waals surface area contributed by atoms with E-state index in [1.807, 2.05) is 17.7 Å². The van der Waals surface area contributed by atoms with E-state index >= 15 is 0 Å². The fourth-order valence-electron chi connectivity index (χ4n) is 2.02. The van der Waals surface area contributed by atoms with Crippen LogP contribution in [0.4, 0.5) is 4.79 Å². The Labute approximate surface area is 134 Å². The highest BCUT2D eigenvalue weighted by Crippen LogP contribution is 2.15. The molecule has 2 atom stereocenters. The van der Waals surface area contributed by atoms with Crippen molar-refractivity contribution < 1.29 is 9.90 Å². The molecule has 118 valence electrons.